The summed E-state index contributed by atoms with van der Waals surface area (Å²) in [4.78, 5) is 20.3. The van der Waals surface area contributed by atoms with Gasteiger partial charge in [0.15, 0.2) is 11.5 Å². The third kappa shape index (κ3) is 2.76. The molecule has 0 N–H and O–H groups in total. The standard InChI is InChI=1S/C12H11BrN2O2S/c1-6-4-10(13)14-5-9(6)17-12-11(7(2)16)18-8(3)15-12/h4-5H,1-3H3. The number of Topliss-reactive ketones (excluding diaryl/α,β-unsaturated/α-hetero) is 1. The number of hydrogen-bond donors (Lipinski definition) is 0. The molecule has 0 aliphatic heterocycles. The van der Waals surface area contributed by atoms with Gasteiger partial charge < -0.3 is 4.74 Å². The van der Waals surface area contributed by atoms with Crippen LogP contribution in [0.3, 0.4) is 0 Å². The molecular formula is C12H11BrN2O2S. The second kappa shape index (κ2) is 5.16. The lowest BCUT2D eigenvalue weighted by atomic mass is 10.3. The van der Waals surface area contributed by atoms with Crippen LogP contribution in [0.15, 0.2) is 16.9 Å². The highest BCUT2D eigenvalue weighted by Gasteiger charge is 2.16. The molecule has 0 bridgehead atoms. The topological polar surface area (TPSA) is 52.1 Å². The minimum absolute atomic E-state index is 0.0432. The number of thiazole rings is 1. The molecule has 0 aliphatic carbocycles. The zero-order valence-electron chi connectivity index (χ0n) is 10.2. The normalized spacial score (nSPS) is 10.4. The number of rotatable bonds is 3. The van der Waals surface area contributed by atoms with Gasteiger partial charge in [-0.2, -0.15) is 0 Å². The van der Waals surface area contributed by atoms with Gasteiger partial charge in [0.05, 0.1) is 11.2 Å². The Kier molecular flexibility index (Phi) is 3.77. The van der Waals surface area contributed by atoms with E-state index in [0.29, 0.717) is 16.5 Å². The Morgan fingerprint density at radius 2 is 2.17 bits per heavy atom. The first-order chi connectivity index (χ1) is 8.47. The number of aryl methyl sites for hydroxylation is 2. The van der Waals surface area contributed by atoms with E-state index >= 15 is 0 Å². The van der Waals surface area contributed by atoms with Gasteiger partial charge in [0.1, 0.15) is 9.48 Å². The number of pyridine rings is 1. The summed E-state index contributed by atoms with van der Waals surface area (Å²) in [7, 11) is 0. The van der Waals surface area contributed by atoms with Gasteiger partial charge in [0.2, 0.25) is 5.88 Å². The Balaban J connectivity index is 2.36. The summed E-state index contributed by atoms with van der Waals surface area (Å²) in [5.74, 6) is 0.918. The molecule has 2 aromatic heterocycles. The van der Waals surface area contributed by atoms with Crippen molar-refractivity contribution in [2.45, 2.75) is 20.8 Å². The van der Waals surface area contributed by atoms with E-state index in [-0.39, 0.29) is 5.78 Å². The first-order valence-corrected chi connectivity index (χ1v) is 6.86. The van der Waals surface area contributed by atoms with E-state index in [1.807, 2.05) is 19.9 Å². The molecule has 0 atom stereocenters. The van der Waals surface area contributed by atoms with Crippen LogP contribution in [-0.2, 0) is 0 Å². The van der Waals surface area contributed by atoms with E-state index in [4.69, 9.17) is 4.74 Å². The smallest absolute Gasteiger partial charge is 0.241 e. The van der Waals surface area contributed by atoms with Crippen molar-refractivity contribution in [3.05, 3.63) is 32.3 Å². The number of aromatic nitrogens is 2. The number of ketones is 1. The Labute approximate surface area is 117 Å². The minimum Gasteiger partial charge on any atom is -0.436 e. The first-order valence-electron chi connectivity index (χ1n) is 5.25. The van der Waals surface area contributed by atoms with Crippen molar-refractivity contribution in [2.75, 3.05) is 0 Å². The summed E-state index contributed by atoms with van der Waals surface area (Å²) < 4.78 is 6.42. The Morgan fingerprint density at radius 1 is 1.44 bits per heavy atom. The lowest BCUT2D eigenvalue weighted by molar-refractivity contribution is 0.101. The van der Waals surface area contributed by atoms with Crippen LogP contribution < -0.4 is 4.74 Å². The molecule has 94 valence electrons. The number of nitrogens with zero attached hydrogens (tertiary/aromatic N) is 2. The van der Waals surface area contributed by atoms with Crippen LogP contribution >= 0.6 is 27.3 Å². The lowest BCUT2D eigenvalue weighted by Gasteiger charge is -2.06. The van der Waals surface area contributed by atoms with Gasteiger partial charge in [-0.3, -0.25) is 4.79 Å². The fourth-order valence-corrected chi connectivity index (χ4v) is 2.61. The molecule has 2 aromatic rings. The van der Waals surface area contributed by atoms with Crippen LogP contribution in [0.2, 0.25) is 0 Å². The summed E-state index contributed by atoms with van der Waals surface area (Å²) >= 11 is 4.62. The van der Waals surface area contributed by atoms with Gasteiger partial charge in [-0.1, -0.05) is 0 Å². The fourth-order valence-electron chi connectivity index (χ4n) is 1.42. The molecule has 0 saturated carbocycles. The predicted octanol–water partition coefficient (Wildman–Crippen LogP) is 3.91. The van der Waals surface area contributed by atoms with Crippen LogP contribution in [0.4, 0.5) is 0 Å². The van der Waals surface area contributed by atoms with Crippen LogP contribution in [0, 0.1) is 13.8 Å². The van der Waals surface area contributed by atoms with Crippen molar-refractivity contribution in [2.24, 2.45) is 0 Å². The molecule has 18 heavy (non-hydrogen) atoms. The van der Waals surface area contributed by atoms with E-state index in [9.17, 15) is 4.79 Å². The highest BCUT2D eigenvalue weighted by molar-refractivity contribution is 9.10. The van der Waals surface area contributed by atoms with Crippen LogP contribution in [0.1, 0.15) is 27.2 Å². The number of ether oxygens (including phenoxy) is 1. The summed E-state index contributed by atoms with van der Waals surface area (Å²) in [5, 5.41) is 0.804. The summed E-state index contributed by atoms with van der Waals surface area (Å²) in [6, 6.07) is 1.85. The Morgan fingerprint density at radius 3 is 2.78 bits per heavy atom. The molecular weight excluding hydrogens is 316 g/mol. The zero-order valence-corrected chi connectivity index (χ0v) is 12.6. The van der Waals surface area contributed by atoms with E-state index in [2.05, 4.69) is 25.9 Å². The largest absolute Gasteiger partial charge is 0.436 e. The van der Waals surface area contributed by atoms with Crippen molar-refractivity contribution >= 4 is 33.0 Å². The minimum atomic E-state index is -0.0432. The molecule has 0 amide bonds. The Hall–Kier alpha value is -1.27. The maximum Gasteiger partial charge on any atom is 0.241 e. The monoisotopic (exact) mass is 326 g/mol. The van der Waals surface area contributed by atoms with Crippen LogP contribution in [0.5, 0.6) is 11.6 Å². The van der Waals surface area contributed by atoms with E-state index in [1.54, 1.807) is 6.20 Å². The zero-order chi connectivity index (χ0) is 13.3. The molecule has 0 spiro atoms. The van der Waals surface area contributed by atoms with E-state index < -0.39 is 0 Å². The molecule has 2 rings (SSSR count). The van der Waals surface area contributed by atoms with E-state index in [0.717, 1.165) is 15.2 Å². The quantitative estimate of drug-likeness (QED) is 0.633. The fraction of sp³-hybridized carbons (Fsp3) is 0.250. The summed E-state index contributed by atoms with van der Waals surface area (Å²) in [6.45, 7) is 5.26. The molecule has 2 heterocycles. The lowest BCUT2D eigenvalue weighted by Crippen LogP contribution is -1.95. The molecule has 0 fully saturated rings. The molecule has 0 unspecified atom stereocenters. The SMILES string of the molecule is CC(=O)c1sc(C)nc1Oc1cnc(Br)cc1C. The number of hydrogen-bond acceptors (Lipinski definition) is 5. The molecule has 0 aromatic carbocycles. The average Bonchev–Trinajstić information content (AvgIpc) is 2.64. The highest BCUT2D eigenvalue weighted by atomic mass is 79.9. The van der Waals surface area contributed by atoms with Gasteiger partial charge in [0.25, 0.3) is 0 Å². The van der Waals surface area contributed by atoms with Crippen molar-refractivity contribution < 1.29 is 9.53 Å². The highest BCUT2D eigenvalue weighted by Crippen LogP contribution is 2.31. The third-order valence-corrected chi connectivity index (χ3v) is 3.75. The Bertz CT molecular complexity index is 610. The van der Waals surface area contributed by atoms with Crippen LogP contribution in [0.25, 0.3) is 0 Å². The van der Waals surface area contributed by atoms with Gasteiger partial charge in [0, 0.05) is 6.92 Å². The molecule has 0 aliphatic rings. The molecule has 0 saturated heterocycles. The van der Waals surface area contributed by atoms with Crippen LogP contribution in [-0.4, -0.2) is 15.8 Å². The van der Waals surface area contributed by atoms with Gasteiger partial charge >= 0.3 is 0 Å². The van der Waals surface area contributed by atoms with Crippen molar-refractivity contribution in [3.63, 3.8) is 0 Å². The average molecular weight is 327 g/mol. The second-order valence-corrected chi connectivity index (χ2v) is 5.81. The number of carbonyl (C=O) groups is 1. The summed E-state index contributed by atoms with van der Waals surface area (Å²) in [6.07, 6.45) is 1.61. The molecule has 4 nitrogen and oxygen atoms in total. The van der Waals surface area contributed by atoms with Gasteiger partial charge in [-0.25, -0.2) is 9.97 Å². The first kappa shape index (κ1) is 13.2. The van der Waals surface area contributed by atoms with E-state index in [1.165, 1.54) is 18.3 Å². The molecule has 0 radical (unpaired) electrons. The predicted molar refractivity (Wildman–Crippen MR) is 73.6 cm³/mol. The number of halogens is 1. The molecule has 6 heteroatoms. The number of carbonyl (C=O) groups excluding carboxylic acids is 1. The third-order valence-electron chi connectivity index (χ3n) is 2.26. The van der Waals surface area contributed by atoms with Gasteiger partial charge in [-0.15, -0.1) is 11.3 Å². The maximum absolute atomic E-state index is 11.5. The van der Waals surface area contributed by atoms with Crippen molar-refractivity contribution in [3.8, 4) is 11.6 Å². The maximum atomic E-state index is 11.5. The second-order valence-electron chi connectivity index (χ2n) is 3.80. The summed E-state index contributed by atoms with van der Waals surface area (Å²) in [5.41, 5.74) is 0.928. The van der Waals surface area contributed by atoms with Crippen molar-refractivity contribution in [1.82, 2.24) is 9.97 Å². The van der Waals surface area contributed by atoms with Crippen molar-refractivity contribution in [1.29, 1.82) is 0 Å². The van der Waals surface area contributed by atoms with Gasteiger partial charge in [-0.05, 0) is 41.4 Å².